The Hall–Kier alpha value is -3.04. The molecule has 2 fully saturated rings. The monoisotopic (exact) mass is 570 g/mol. The van der Waals surface area contributed by atoms with E-state index in [-0.39, 0.29) is 40.9 Å². The molecule has 0 spiro atoms. The van der Waals surface area contributed by atoms with Crippen LogP contribution in [0.5, 0.6) is 5.75 Å². The molecule has 40 heavy (non-hydrogen) atoms. The van der Waals surface area contributed by atoms with Gasteiger partial charge in [-0.3, -0.25) is 9.78 Å². The van der Waals surface area contributed by atoms with Gasteiger partial charge in [0.2, 0.25) is 0 Å². The number of anilines is 1. The highest BCUT2D eigenvalue weighted by molar-refractivity contribution is 7.28. The van der Waals surface area contributed by atoms with Gasteiger partial charge in [-0.1, -0.05) is 6.92 Å². The first-order valence-corrected chi connectivity index (χ1v) is 14.0. The van der Waals surface area contributed by atoms with Crippen LogP contribution in [-0.4, -0.2) is 52.4 Å². The quantitative estimate of drug-likeness (QED) is 0.384. The fourth-order valence-corrected chi connectivity index (χ4v) is 5.97. The van der Waals surface area contributed by atoms with Gasteiger partial charge >= 0.3 is 0 Å². The number of rotatable bonds is 6. The second-order valence-electron chi connectivity index (χ2n) is 10.5. The second-order valence-corrected chi connectivity index (χ2v) is 11.2. The Morgan fingerprint density at radius 2 is 1.95 bits per heavy atom. The Morgan fingerprint density at radius 3 is 2.67 bits per heavy atom. The van der Waals surface area contributed by atoms with Crippen molar-refractivity contribution in [3.05, 3.63) is 65.6 Å². The van der Waals surface area contributed by atoms with Crippen LogP contribution in [-0.2, 0) is 4.74 Å². The summed E-state index contributed by atoms with van der Waals surface area (Å²) in [6, 6.07) is 6.61. The molecule has 212 valence electrons. The number of carbonyl (C=O) groups excluding carboxylic acids is 1. The fourth-order valence-electron chi connectivity index (χ4n) is 5.53. The summed E-state index contributed by atoms with van der Waals surface area (Å²) in [7, 11) is 2.40. The number of benzene rings is 1. The third-order valence-corrected chi connectivity index (χ3v) is 8.11. The third kappa shape index (κ3) is 6.15. The topological polar surface area (TPSA) is 120 Å². The maximum Gasteiger partial charge on any atom is 0.274 e. The molecule has 1 saturated heterocycles. The standard InChI is InChI=1S/C29H33F2N4O4P/c1-15-10-16(11-22(32)28(15)36)19-4-7-33-14-24(19)35-29(37)23-3-2-20(30)27(34-23)26-21(31)12-18(13-25(26)40)39-17-5-8-38-9-6-17/h2-4,7,12-17,22,28,36H,5-6,8-11,32,40H2,1H3,(H,35,37). The van der Waals surface area contributed by atoms with Crippen molar-refractivity contribution in [3.63, 3.8) is 0 Å². The summed E-state index contributed by atoms with van der Waals surface area (Å²) in [5.74, 6) is -1.72. The molecule has 1 aliphatic carbocycles. The molecule has 8 nitrogen and oxygen atoms in total. The maximum atomic E-state index is 15.3. The number of aliphatic hydroxyl groups excluding tert-OH is 1. The summed E-state index contributed by atoms with van der Waals surface area (Å²) in [4.78, 5) is 21.6. The minimum atomic E-state index is -0.761. The van der Waals surface area contributed by atoms with Crippen molar-refractivity contribution in [1.29, 1.82) is 0 Å². The lowest BCUT2D eigenvalue weighted by Gasteiger charge is -2.36. The van der Waals surface area contributed by atoms with E-state index < -0.39 is 23.6 Å². The zero-order valence-corrected chi connectivity index (χ0v) is 23.3. The van der Waals surface area contributed by atoms with E-state index >= 15 is 4.39 Å². The molecule has 0 radical (unpaired) electrons. The highest BCUT2D eigenvalue weighted by Gasteiger charge is 2.34. The molecule has 5 atom stereocenters. The second kappa shape index (κ2) is 12.2. The van der Waals surface area contributed by atoms with Gasteiger partial charge in [0.05, 0.1) is 31.2 Å². The number of pyridine rings is 2. The van der Waals surface area contributed by atoms with E-state index in [1.54, 1.807) is 12.3 Å². The van der Waals surface area contributed by atoms with Gasteiger partial charge in [-0.25, -0.2) is 13.8 Å². The molecule has 1 aromatic carbocycles. The molecule has 4 N–H and O–H groups in total. The van der Waals surface area contributed by atoms with E-state index in [2.05, 4.69) is 24.5 Å². The number of aliphatic hydroxyl groups is 1. The largest absolute Gasteiger partial charge is 0.490 e. The van der Waals surface area contributed by atoms with Crippen LogP contribution in [0.1, 0.15) is 54.6 Å². The molecule has 5 unspecified atom stereocenters. The molecule has 5 rings (SSSR count). The average Bonchev–Trinajstić information content (AvgIpc) is 2.93. The predicted octanol–water partition coefficient (Wildman–Crippen LogP) is 3.93. The van der Waals surface area contributed by atoms with Gasteiger partial charge in [-0.2, -0.15) is 0 Å². The number of aromatic nitrogens is 2. The van der Waals surface area contributed by atoms with Crippen LogP contribution in [0.3, 0.4) is 0 Å². The molecule has 1 aliphatic heterocycles. The summed E-state index contributed by atoms with van der Waals surface area (Å²) in [5, 5.41) is 13.4. The van der Waals surface area contributed by atoms with E-state index in [9.17, 15) is 14.3 Å². The third-order valence-electron chi connectivity index (χ3n) is 7.66. The zero-order chi connectivity index (χ0) is 28.4. The van der Waals surface area contributed by atoms with E-state index in [0.29, 0.717) is 55.6 Å². The van der Waals surface area contributed by atoms with Gasteiger partial charge < -0.3 is 25.6 Å². The molecule has 2 aromatic heterocycles. The molecule has 0 bridgehead atoms. The Bertz CT molecular complexity index is 1350. The number of hydrogen-bond acceptors (Lipinski definition) is 7. The molecule has 3 aromatic rings. The summed E-state index contributed by atoms with van der Waals surface area (Å²) >= 11 is 0. The summed E-state index contributed by atoms with van der Waals surface area (Å²) in [5.41, 5.74) is 7.06. The van der Waals surface area contributed by atoms with Crippen molar-refractivity contribution < 1.29 is 28.2 Å². The van der Waals surface area contributed by atoms with Crippen LogP contribution < -0.4 is 21.1 Å². The van der Waals surface area contributed by atoms with Crippen molar-refractivity contribution in [2.45, 2.75) is 56.8 Å². The zero-order valence-electron chi connectivity index (χ0n) is 22.1. The van der Waals surface area contributed by atoms with E-state index in [1.807, 2.05) is 13.0 Å². The Balaban J connectivity index is 1.38. The summed E-state index contributed by atoms with van der Waals surface area (Å²) < 4.78 is 41.5. The lowest BCUT2D eigenvalue weighted by molar-refractivity contribution is 0.0255. The van der Waals surface area contributed by atoms with Crippen LogP contribution in [0.25, 0.3) is 11.3 Å². The van der Waals surface area contributed by atoms with Crippen LogP contribution in [0.4, 0.5) is 14.5 Å². The molecular formula is C29H33F2N4O4P. The SMILES string of the molecule is CC1CC(c2ccncc2NC(=O)c2ccc(F)c(-c3c(F)cc(OC4CCOCC4)cc3P)n2)CC(N)C1O. The minimum Gasteiger partial charge on any atom is -0.490 e. The van der Waals surface area contributed by atoms with E-state index in [0.717, 1.165) is 11.6 Å². The summed E-state index contributed by atoms with van der Waals surface area (Å²) in [6.45, 7) is 3.11. The number of nitrogens with two attached hydrogens (primary N) is 1. The summed E-state index contributed by atoms with van der Waals surface area (Å²) in [6.07, 6.45) is 5.18. The Kier molecular flexibility index (Phi) is 8.71. The Morgan fingerprint density at radius 1 is 1.18 bits per heavy atom. The van der Waals surface area contributed by atoms with Crippen LogP contribution in [0.15, 0.2) is 42.7 Å². The minimum absolute atomic E-state index is 0.00346. The highest BCUT2D eigenvalue weighted by Crippen LogP contribution is 2.38. The average molecular weight is 571 g/mol. The van der Waals surface area contributed by atoms with Gasteiger partial charge in [-0.05, 0) is 59.8 Å². The van der Waals surface area contributed by atoms with Gasteiger partial charge in [0.25, 0.3) is 5.91 Å². The number of amides is 1. The van der Waals surface area contributed by atoms with Crippen LogP contribution >= 0.6 is 9.24 Å². The molecule has 11 heteroatoms. The lowest BCUT2D eigenvalue weighted by Crippen LogP contribution is -2.44. The van der Waals surface area contributed by atoms with Gasteiger partial charge in [0, 0.05) is 36.7 Å². The molecule has 3 heterocycles. The normalized spacial score (nSPS) is 23.6. The van der Waals surface area contributed by atoms with Crippen molar-refractivity contribution >= 4 is 26.1 Å². The molecule has 1 amide bonds. The van der Waals surface area contributed by atoms with Crippen molar-refractivity contribution in [2.75, 3.05) is 18.5 Å². The first kappa shape index (κ1) is 28.5. The van der Waals surface area contributed by atoms with E-state index in [4.69, 9.17) is 15.2 Å². The number of nitrogens with one attached hydrogen (secondary N) is 1. The highest BCUT2D eigenvalue weighted by atomic mass is 31.0. The van der Waals surface area contributed by atoms with Crippen molar-refractivity contribution in [2.24, 2.45) is 11.7 Å². The van der Waals surface area contributed by atoms with Gasteiger partial charge in [0.15, 0.2) is 0 Å². The maximum absolute atomic E-state index is 15.3. The van der Waals surface area contributed by atoms with Crippen LogP contribution in [0.2, 0.25) is 0 Å². The fraction of sp³-hybridized carbons (Fsp3) is 0.414. The number of halogens is 2. The number of nitrogens with zero attached hydrogens (tertiary/aromatic N) is 2. The van der Waals surface area contributed by atoms with Crippen molar-refractivity contribution in [3.8, 4) is 17.0 Å². The van der Waals surface area contributed by atoms with Gasteiger partial charge in [-0.15, -0.1) is 9.24 Å². The molecule has 1 saturated carbocycles. The van der Waals surface area contributed by atoms with Crippen LogP contribution in [0, 0.1) is 17.6 Å². The molecule has 2 aliphatic rings. The van der Waals surface area contributed by atoms with Crippen molar-refractivity contribution in [1.82, 2.24) is 9.97 Å². The smallest absolute Gasteiger partial charge is 0.274 e. The first-order valence-electron chi connectivity index (χ1n) is 13.4. The number of ether oxygens (including phenoxy) is 2. The molecular weight excluding hydrogens is 537 g/mol. The predicted molar refractivity (Wildman–Crippen MR) is 151 cm³/mol. The van der Waals surface area contributed by atoms with Gasteiger partial charge in [0.1, 0.15) is 34.9 Å². The number of hydrogen-bond donors (Lipinski definition) is 3. The number of carbonyl (C=O) groups is 1. The first-order chi connectivity index (χ1) is 19.2. The van der Waals surface area contributed by atoms with E-state index in [1.165, 1.54) is 18.3 Å². The Labute approximate surface area is 233 Å². The lowest BCUT2D eigenvalue weighted by atomic mass is 9.74.